The van der Waals surface area contributed by atoms with Crippen LogP contribution in [0.2, 0.25) is 10.0 Å². The molecule has 0 spiro atoms. The molecule has 1 aromatic heterocycles. The third-order valence-corrected chi connectivity index (χ3v) is 12.9. The van der Waals surface area contributed by atoms with Crippen LogP contribution in [0.3, 0.4) is 0 Å². The summed E-state index contributed by atoms with van der Waals surface area (Å²) >= 11 is 13.6. The Labute approximate surface area is 404 Å². The number of pyridine rings is 1. The molecule has 0 saturated heterocycles. The molecule has 2 fully saturated rings. The number of unbranched alkanes of at least 4 members (excludes halogenated alkanes) is 1. The van der Waals surface area contributed by atoms with Gasteiger partial charge in [0.05, 0.1) is 31.5 Å². The summed E-state index contributed by atoms with van der Waals surface area (Å²) in [7, 11) is 0. The maximum Gasteiger partial charge on any atom is 0.222 e. The molecule has 3 amide bonds. The number of carbonyl (C=O) groups is 3. The standard InChI is InChI=1S/C47H65Cl2N5O14/c48-33-20-28(21-53-47(14-15-47)32-22-50-16-11-30(32)31-6-2-3-7-39(31)68-29-9-10-29)34(49)19-27(33)5-1-4-8-42(63)54(17-12-40(61)51-23-35(57)43(64)45(66)37(59)25-55)18-13-41(62)52-24-36(58)44(65)46(67)38(60)26-56/h2-3,6-7,11,16,19-20,22,29,35-38,43-46,53,55-60,64-67H,1,4-5,8-10,12-15,17-18,21,23-26H2,(H,51,61)(H,52,62)/t35-,36-,37+,38+,43+,44+,45+,46+/m0/s1. The monoisotopic (exact) mass is 993 g/mol. The van der Waals surface area contributed by atoms with Crippen LogP contribution in [0.15, 0.2) is 54.9 Å². The Kier molecular flexibility index (Phi) is 21.2. The number of rotatable bonds is 30. The van der Waals surface area contributed by atoms with E-state index in [0.717, 1.165) is 59.3 Å². The molecule has 8 atom stereocenters. The molecule has 0 bridgehead atoms. The summed E-state index contributed by atoms with van der Waals surface area (Å²) < 4.78 is 6.25. The van der Waals surface area contributed by atoms with E-state index in [9.17, 15) is 55.2 Å². The number of nitrogens with zero attached hydrogens (tertiary/aromatic N) is 2. The van der Waals surface area contributed by atoms with Crippen LogP contribution in [-0.4, -0.2) is 173 Å². The van der Waals surface area contributed by atoms with Crippen LogP contribution < -0.4 is 20.7 Å². The van der Waals surface area contributed by atoms with Gasteiger partial charge in [-0.3, -0.25) is 19.4 Å². The predicted octanol–water partition coefficient (Wildman–Crippen LogP) is -0.199. The predicted molar refractivity (Wildman–Crippen MR) is 249 cm³/mol. The number of para-hydroxylation sites is 1. The molecule has 3 aromatic rings. The number of halogens is 2. The van der Waals surface area contributed by atoms with Gasteiger partial charge < -0.3 is 76.7 Å². The van der Waals surface area contributed by atoms with Crippen molar-refractivity contribution in [3.8, 4) is 16.9 Å². The molecule has 0 radical (unpaired) electrons. The van der Waals surface area contributed by atoms with Gasteiger partial charge in [0.2, 0.25) is 17.7 Å². The third-order valence-electron chi connectivity index (χ3n) is 12.2. The van der Waals surface area contributed by atoms with E-state index in [1.165, 1.54) is 4.90 Å². The number of aliphatic hydroxyl groups is 10. The third kappa shape index (κ3) is 15.7. The number of nitrogens with one attached hydrogen (secondary N) is 3. The minimum atomic E-state index is -1.90. The van der Waals surface area contributed by atoms with Gasteiger partial charge in [0.1, 0.15) is 42.4 Å². The number of aryl methyl sites for hydroxylation is 1. The quantitative estimate of drug-likeness (QED) is 0.0385. The van der Waals surface area contributed by atoms with Crippen molar-refractivity contribution in [2.45, 2.75) is 131 Å². The van der Waals surface area contributed by atoms with Crippen molar-refractivity contribution in [3.05, 3.63) is 81.6 Å². The zero-order valence-corrected chi connectivity index (χ0v) is 39.2. The maximum absolute atomic E-state index is 13.5. The van der Waals surface area contributed by atoms with Gasteiger partial charge in [-0.15, -0.1) is 0 Å². The molecule has 19 nitrogen and oxygen atoms in total. The van der Waals surface area contributed by atoms with E-state index in [0.29, 0.717) is 35.9 Å². The van der Waals surface area contributed by atoms with Gasteiger partial charge in [0.25, 0.3) is 0 Å². The molecule has 0 unspecified atom stereocenters. The lowest BCUT2D eigenvalue weighted by Gasteiger charge is -2.26. The Hall–Kier alpha value is -4.06. The van der Waals surface area contributed by atoms with Crippen molar-refractivity contribution in [1.29, 1.82) is 0 Å². The number of amides is 3. The summed E-state index contributed by atoms with van der Waals surface area (Å²) in [5.74, 6) is -0.851. The van der Waals surface area contributed by atoms with Crippen molar-refractivity contribution in [1.82, 2.24) is 25.8 Å². The Bertz CT molecular complexity index is 2070. The minimum Gasteiger partial charge on any atom is -0.490 e. The molecular formula is C47H65Cl2N5O14. The number of hydrogen-bond acceptors (Lipinski definition) is 16. The first-order valence-corrected chi connectivity index (χ1v) is 23.6. The summed E-state index contributed by atoms with van der Waals surface area (Å²) in [6, 6.07) is 13.7. The molecule has 2 aliphatic rings. The van der Waals surface area contributed by atoms with Crippen LogP contribution in [0.5, 0.6) is 5.75 Å². The van der Waals surface area contributed by atoms with Crippen LogP contribution in [0.1, 0.15) is 74.5 Å². The number of hydrogen-bond donors (Lipinski definition) is 13. The molecule has 376 valence electrons. The first kappa shape index (κ1) is 54.9. The highest BCUT2D eigenvalue weighted by Crippen LogP contribution is 2.50. The van der Waals surface area contributed by atoms with Gasteiger partial charge in [-0.2, -0.15) is 0 Å². The van der Waals surface area contributed by atoms with E-state index in [1.54, 1.807) is 6.20 Å². The van der Waals surface area contributed by atoms with E-state index in [2.05, 4.69) is 27.0 Å². The van der Waals surface area contributed by atoms with Crippen LogP contribution in [0.25, 0.3) is 11.1 Å². The number of ether oxygens (including phenoxy) is 1. The summed E-state index contributed by atoms with van der Waals surface area (Å²) in [4.78, 5) is 44.7. The largest absolute Gasteiger partial charge is 0.490 e. The second-order valence-corrected chi connectivity index (χ2v) is 18.3. The second kappa shape index (κ2) is 26.2. The number of aromatic nitrogens is 1. The molecule has 0 aliphatic heterocycles. The Morgan fingerprint density at radius 2 is 1.26 bits per heavy atom. The van der Waals surface area contributed by atoms with Crippen LogP contribution >= 0.6 is 23.2 Å². The van der Waals surface area contributed by atoms with Gasteiger partial charge in [-0.25, -0.2) is 0 Å². The van der Waals surface area contributed by atoms with E-state index in [1.807, 2.05) is 42.6 Å². The second-order valence-electron chi connectivity index (χ2n) is 17.5. The van der Waals surface area contributed by atoms with E-state index >= 15 is 0 Å². The maximum atomic E-state index is 13.5. The lowest BCUT2D eigenvalue weighted by Crippen LogP contribution is -2.50. The van der Waals surface area contributed by atoms with Gasteiger partial charge in [0.15, 0.2) is 0 Å². The average molecular weight is 995 g/mol. The number of carbonyl (C=O) groups excluding carboxylic acids is 3. The summed E-state index contributed by atoms with van der Waals surface area (Å²) in [5.41, 5.74) is 4.48. The highest BCUT2D eigenvalue weighted by atomic mass is 35.5. The normalized spacial score (nSPS) is 17.8. The van der Waals surface area contributed by atoms with Gasteiger partial charge in [-0.1, -0.05) is 41.4 Å². The first-order valence-electron chi connectivity index (χ1n) is 22.9. The SMILES string of the molecule is O=C(CCN(CCC(=O)NC[C@H](O)[C@@H](O)[C@H](O)[C@H](O)CO)C(=O)CCCCc1cc(Cl)c(CNC2(c3cnccc3-c3ccccc3OC3CC3)CC2)cc1Cl)NC[C@H](O)[C@@H](O)[C@H](O)[C@H](O)CO. The fourth-order valence-corrected chi connectivity index (χ4v) is 8.15. The molecule has 2 aromatic carbocycles. The van der Waals surface area contributed by atoms with Crippen molar-refractivity contribution in [2.75, 3.05) is 39.4 Å². The van der Waals surface area contributed by atoms with E-state index < -0.39 is 92.9 Å². The fraction of sp³-hybridized carbons (Fsp3) is 0.574. The van der Waals surface area contributed by atoms with Crippen LogP contribution in [0.4, 0.5) is 0 Å². The van der Waals surface area contributed by atoms with Crippen molar-refractivity contribution in [2.24, 2.45) is 0 Å². The number of aliphatic hydroxyl groups excluding tert-OH is 10. The molecule has 5 rings (SSSR count). The zero-order valence-electron chi connectivity index (χ0n) is 37.7. The van der Waals surface area contributed by atoms with Gasteiger partial charge >= 0.3 is 0 Å². The summed E-state index contributed by atoms with van der Waals surface area (Å²) in [6.45, 7) is -2.71. The average Bonchev–Trinajstić information content (AvgIpc) is 4.30. The van der Waals surface area contributed by atoms with Gasteiger partial charge in [0, 0.05) is 85.5 Å². The molecular weight excluding hydrogens is 929 g/mol. The molecule has 2 saturated carbocycles. The van der Waals surface area contributed by atoms with Crippen molar-refractivity contribution >= 4 is 40.9 Å². The molecule has 68 heavy (non-hydrogen) atoms. The first-order chi connectivity index (χ1) is 32.5. The van der Waals surface area contributed by atoms with Gasteiger partial charge in [-0.05, 0) is 91.5 Å². The molecule has 21 heteroatoms. The van der Waals surface area contributed by atoms with Crippen molar-refractivity contribution < 1.29 is 70.2 Å². The lowest BCUT2D eigenvalue weighted by molar-refractivity contribution is -0.133. The molecule has 2 aliphatic carbocycles. The van der Waals surface area contributed by atoms with E-state index in [4.69, 9.17) is 38.2 Å². The highest BCUT2D eigenvalue weighted by Gasteiger charge is 2.46. The lowest BCUT2D eigenvalue weighted by atomic mass is 9.94. The smallest absolute Gasteiger partial charge is 0.222 e. The van der Waals surface area contributed by atoms with Crippen LogP contribution in [-0.2, 0) is 32.9 Å². The molecule has 1 heterocycles. The van der Waals surface area contributed by atoms with Crippen molar-refractivity contribution in [3.63, 3.8) is 0 Å². The highest BCUT2D eigenvalue weighted by molar-refractivity contribution is 6.34. The van der Waals surface area contributed by atoms with E-state index in [-0.39, 0.29) is 44.0 Å². The Balaban J connectivity index is 1.14. The zero-order chi connectivity index (χ0) is 49.5. The number of benzene rings is 2. The van der Waals surface area contributed by atoms with Crippen LogP contribution in [0, 0.1) is 0 Å². The Morgan fingerprint density at radius 3 is 1.82 bits per heavy atom. The fourth-order valence-electron chi connectivity index (χ4n) is 7.62. The summed E-state index contributed by atoms with van der Waals surface area (Å²) in [6.07, 6.45) is -5.72. The molecule has 13 N–H and O–H groups in total. The Morgan fingerprint density at radius 1 is 0.721 bits per heavy atom. The summed E-state index contributed by atoms with van der Waals surface area (Å²) in [5, 5.41) is 107. The minimum absolute atomic E-state index is 0.0259. The topological polar surface area (TPSA) is 315 Å².